The number of nitrogens with zero attached hydrogens (tertiary/aromatic N) is 3. The molecular formula is C24H28BrN5O2. The van der Waals surface area contributed by atoms with Crippen LogP contribution in [0.15, 0.2) is 51.9 Å². The van der Waals surface area contributed by atoms with Crippen LogP contribution >= 0.6 is 15.9 Å². The lowest BCUT2D eigenvalue weighted by Crippen LogP contribution is -2.36. The van der Waals surface area contributed by atoms with Gasteiger partial charge in [0.05, 0.1) is 30.6 Å². The smallest absolute Gasteiger partial charge is 0.259 e. The summed E-state index contributed by atoms with van der Waals surface area (Å²) in [5.74, 6) is 0.718. The second kappa shape index (κ2) is 10.5. The van der Waals surface area contributed by atoms with Crippen molar-refractivity contribution in [2.45, 2.75) is 40.8 Å². The van der Waals surface area contributed by atoms with Gasteiger partial charge in [0.15, 0.2) is 0 Å². The Morgan fingerprint density at radius 1 is 1.19 bits per heavy atom. The third-order valence-corrected chi connectivity index (χ3v) is 5.88. The first-order chi connectivity index (χ1) is 15.3. The molecule has 1 heterocycles. The van der Waals surface area contributed by atoms with E-state index in [1.165, 1.54) is 0 Å². The molecule has 0 radical (unpaired) electrons. The minimum atomic E-state index is -0.270. The van der Waals surface area contributed by atoms with Crippen LogP contribution in [0.2, 0.25) is 0 Å². The molecule has 2 N–H and O–H groups in total. The van der Waals surface area contributed by atoms with Crippen molar-refractivity contribution in [1.29, 1.82) is 0 Å². The fourth-order valence-corrected chi connectivity index (χ4v) is 3.87. The van der Waals surface area contributed by atoms with Gasteiger partial charge in [-0.05, 0) is 73.5 Å². The topological polar surface area (TPSA) is 80.5 Å². The van der Waals surface area contributed by atoms with Gasteiger partial charge in [0.2, 0.25) is 5.96 Å². The highest BCUT2D eigenvalue weighted by Gasteiger charge is 2.15. The number of rotatable bonds is 6. The normalized spacial score (nSPS) is 11.4. The van der Waals surface area contributed by atoms with Crippen molar-refractivity contribution in [1.82, 2.24) is 15.1 Å². The number of methoxy groups -OCH3 is 1. The highest BCUT2D eigenvalue weighted by Crippen LogP contribution is 2.25. The molecule has 0 aliphatic carbocycles. The Morgan fingerprint density at radius 2 is 1.94 bits per heavy atom. The summed E-state index contributed by atoms with van der Waals surface area (Å²) < 4.78 is 8.14. The van der Waals surface area contributed by atoms with E-state index in [1.54, 1.807) is 13.2 Å². The Kier molecular flexibility index (Phi) is 7.69. The van der Waals surface area contributed by atoms with Crippen LogP contribution in [0.25, 0.3) is 0 Å². The zero-order valence-electron chi connectivity index (χ0n) is 19.0. The fraction of sp³-hybridized carbons (Fsp3) is 0.292. The van der Waals surface area contributed by atoms with Crippen LogP contribution in [0.1, 0.15) is 39.8 Å². The van der Waals surface area contributed by atoms with Crippen molar-refractivity contribution in [3.8, 4) is 5.75 Å². The zero-order chi connectivity index (χ0) is 23.3. The number of hydrogen-bond acceptors (Lipinski definition) is 4. The van der Waals surface area contributed by atoms with Crippen LogP contribution < -0.4 is 15.4 Å². The molecule has 0 atom stereocenters. The number of anilines is 1. The summed E-state index contributed by atoms with van der Waals surface area (Å²) in [4.78, 5) is 17.7. The molecule has 0 aliphatic heterocycles. The average molecular weight is 498 g/mol. The van der Waals surface area contributed by atoms with E-state index in [0.717, 1.165) is 34.7 Å². The monoisotopic (exact) mass is 497 g/mol. The van der Waals surface area contributed by atoms with E-state index in [1.807, 2.05) is 61.9 Å². The van der Waals surface area contributed by atoms with Gasteiger partial charge in [0.25, 0.3) is 5.91 Å². The Labute approximate surface area is 197 Å². The van der Waals surface area contributed by atoms with E-state index in [0.29, 0.717) is 28.3 Å². The molecule has 168 valence electrons. The average Bonchev–Trinajstić information content (AvgIpc) is 3.05. The lowest BCUT2D eigenvalue weighted by atomic mass is 10.2. The summed E-state index contributed by atoms with van der Waals surface area (Å²) in [5.41, 5.74) is 5.33. The molecule has 3 aromatic rings. The Morgan fingerprint density at radius 3 is 2.59 bits per heavy atom. The number of amides is 1. The maximum absolute atomic E-state index is 13.0. The van der Waals surface area contributed by atoms with Gasteiger partial charge in [-0.15, -0.1) is 0 Å². The molecule has 1 aromatic heterocycles. The molecule has 8 heteroatoms. The molecule has 0 aliphatic rings. The predicted molar refractivity (Wildman–Crippen MR) is 131 cm³/mol. The Balaban J connectivity index is 1.95. The van der Waals surface area contributed by atoms with E-state index in [-0.39, 0.29) is 5.91 Å². The van der Waals surface area contributed by atoms with Gasteiger partial charge in [-0.25, -0.2) is 4.99 Å². The quantitative estimate of drug-likeness (QED) is 0.371. The molecule has 0 saturated carbocycles. The van der Waals surface area contributed by atoms with Crippen molar-refractivity contribution in [3.63, 3.8) is 0 Å². The van der Waals surface area contributed by atoms with Gasteiger partial charge in [-0.1, -0.05) is 18.2 Å². The minimum absolute atomic E-state index is 0.270. The maximum atomic E-state index is 13.0. The predicted octanol–water partition coefficient (Wildman–Crippen LogP) is 5.00. The van der Waals surface area contributed by atoms with Crippen LogP contribution in [0.5, 0.6) is 5.75 Å². The number of carbonyl (C=O) groups is 1. The molecule has 0 unspecified atom stereocenters. The summed E-state index contributed by atoms with van der Waals surface area (Å²) in [6.45, 7) is 9.23. The summed E-state index contributed by atoms with van der Waals surface area (Å²) in [5, 5.41) is 10.7. The van der Waals surface area contributed by atoms with Gasteiger partial charge in [0.1, 0.15) is 5.75 Å². The number of hydrogen-bond donors (Lipinski definition) is 2. The van der Waals surface area contributed by atoms with E-state index in [9.17, 15) is 4.79 Å². The number of aliphatic imine (C=N–C) groups is 1. The second-order valence-corrected chi connectivity index (χ2v) is 8.25. The molecule has 1 amide bonds. The SMILES string of the molecule is CCn1nc(C)c(CN=C(NC(=O)c2ccccc2Br)Nc2cc(C)ccc2OC)c1C. The summed E-state index contributed by atoms with van der Waals surface area (Å²) >= 11 is 3.44. The number of aromatic nitrogens is 2. The van der Waals surface area contributed by atoms with Gasteiger partial charge in [0, 0.05) is 22.3 Å². The summed E-state index contributed by atoms with van der Waals surface area (Å²) in [7, 11) is 1.61. The van der Waals surface area contributed by atoms with Gasteiger partial charge in [-0.3, -0.25) is 14.8 Å². The van der Waals surface area contributed by atoms with Crippen LogP contribution in [-0.2, 0) is 13.1 Å². The third kappa shape index (κ3) is 5.37. The molecule has 32 heavy (non-hydrogen) atoms. The summed E-state index contributed by atoms with van der Waals surface area (Å²) in [6.07, 6.45) is 0. The standard InChI is InChI=1S/C24H28BrN5O2/c1-6-30-17(4)19(16(3)29-30)14-26-24(27-21-13-15(2)11-12-22(21)32-5)28-23(31)18-9-7-8-10-20(18)25/h7-13H,6,14H2,1-5H3,(H2,26,27,28,31). The van der Waals surface area contributed by atoms with Gasteiger partial charge >= 0.3 is 0 Å². The van der Waals surface area contributed by atoms with Crippen molar-refractivity contribution >= 4 is 33.5 Å². The first kappa shape index (κ1) is 23.5. The number of aryl methyl sites for hydroxylation is 3. The second-order valence-electron chi connectivity index (χ2n) is 7.39. The van der Waals surface area contributed by atoms with Crippen molar-refractivity contribution in [3.05, 3.63) is 75.0 Å². The number of ether oxygens (including phenoxy) is 1. The number of nitrogens with one attached hydrogen (secondary N) is 2. The van der Waals surface area contributed by atoms with Gasteiger partial charge in [-0.2, -0.15) is 5.10 Å². The Hall–Kier alpha value is -3.13. The number of guanidine groups is 1. The molecule has 0 bridgehead atoms. The van der Waals surface area contributed by atoms with Gasteiger partial charge < -0.3 is 10.1 Å². The largest absolute Gasteiger partial charge is 0.495 e. The molecule has 0 saturated heterocycles. The van der Waals surface area contributed by atoms with E-state index in [2.05, 4.69) is 38.6 Å². The lowest BCUT2D eigenvalue weighted by Gasteiger charge is -2.15. The van der Waals surface area contributed by atoms with Crippen LogP contribution in [0.3, 0.4) is 0 Å². The van der Waals surface area contributed by atoms with Crippen molar-refractivity contribution in [2.24, 2.45) is 4.99 Å². The molecular weight excluding hydrogens is 470 g/mol. The van der Waals surface area contributed by atoms with Crippen LogP contribution in [-0.4, -0.2) is 28.8 Å². The van der Waals surface area contributed by atoms with Crippen LogP contribution in [0, 0.1) is 20.8 Å². The molecule has 2 aromatic carbocycles. The fourth-order valence-electron chi connectivity index (χ4n) is 3.41. The molecule has 0 spiro atoms. The number of benzene rings is 2. The number of carbonyl (C=O) groups excluding carboxylic acids is 1. The highest BCUT2D eigenvalue weighted by molar-refractivity contribution is 9.10. The maximum Gasteiger partial charge on any atom is 0.259 e. The first-order valence-electron chi connectivity index (χ1n) is 10.4. The Bertz CT molecular complexity index is 1150. The lowest BCUT2D eigenvalue weighted by molar-refractivity contribution is 0.0976. The van der Waals surface area contributed by atoms with E-state index < -0.39 is 0 Å². The summed E-state index contributed by atoms with van der Waals surface area (Å²) in [6, 6.07) is 13.1. The molecule has 0 fully saturated rings. The first-order valence-corrected chi connectivity index (χ1v) is 11.2. The molecule has 7 nitrogen and oxygen atoms in total. The van der Waals surface area contributed by atoms with E-state index in [4.69, 9.17) is 9.73 Å². The van der Waals surface area contributed by atoms with E-state index >= 15 is 0 Å². The minimum Gasteiger partial charge on any atom is -0.495 e. The van der Waals surface area contributed by atoms with Crippen molar-refractivity contribution < 1.29 is 9.53 Å². The number of halogens is 1. The zero-order valence-corrected chi connectivity index (χ0v) is 20.6. The molecule has 3 rings (SSSR count). The highest BCUT2D eigenvalue weighted by atomic mass is 79.9. The third-order valence-electron chi connectivity index (χ3n) is 5.18. The van der Waals surface area contributed by atoms with Crippen LogP contribution in [0.4, 0.5) is 5.69 Å². The van der Waals surface area contributed by atoms with Crippen molar-refractivity contribution in [2.75, 3.05) is 12.4 Å².